The lowest BCUT2D eigenvalue weighted by molar-refractivity contribution is 0.536. The predicted octanol–water partition coefficient (Wildman–Crippen LogP) is 1.84. The first-order chi connectivity index (χ1) is 8.69. The van der Waals surface area contributed by atoms with Crippen LogP contribution in [0.3, 0.4) is 0 Å². The van der Waals surface area contributed by atoms with Crippen LogP contribution in [0.1, 0.15) is 28.4 Å². The van der Waals surface area contributed by atoms with Crippen molar-refractivity contribution in [2.24, 2.45) is 5.84 Å². The van der Waals surface area contributed by atoms with E-state index in [-0.39, 0.29) is 6.04 Å². The summed E-state index contributed by atoms with van der Waals surface area (Å²) in [6, 6.07) is 6.50. The van der Waals surface area contributed by atoms with E-state index in [1.54, 1.807) is 18.6 Å². The maximum atomic E-state index is 5.61. The molecule has 0 aliphatic heterocycles. The first-order valence-electron chi connectivity index (χ1n) is 5.98. The van der Waals surface area contributed by atoms with Crippen molar-refractivity contribution in [1.82, 2.24) is 15.4 Å². The quantitative estimate of drug-likeness (QED) is 0.634. The minimum atomic E-state index is -0.0140. The van der Waals surface area contributed by atoms with Gasteiger partial charge >= 0.3 is 0 Å². The van der Waals surface area contributed by atoms with E-state index in [1.165, 1.54) is 16.7 Å². The highest BCUT2D eigenvalue weighted by Crippen LogP contribution is 2.17. The molecule has 0 fully saturated rings. The van der Waals surface area contributed by atoms with Crippen molar-refractivity contribution < 1.29 is 0 Å². The van der Waals surface area contributed by atoms with Crippen LogP contribution in [0, 0.1) is 13.8 Å². The van der Waals surface area contributed by atoms with Gasteiger partial charge in [-0.3, -0.25) is 21.2 Å². The van der Waals surface area contributed by atoms with Crippen molar-refractivity contribution in [1.29, 1.82) is 0 Å². The second kappa shape index (κ2) is 5.71. The van der Waals surface area contributed by atoms with Crippen LogP contribution in [0.2, 0.25) is 0 Å². The van der Waals surface area contributed by atoms with Gasteiger partial charge in [0.1, 0.15) is 0 Å². The molecule has 4 heteroatoms. The zero-order chi connectivity index (χ0) is 13.0. The molecule has 0 bridgehead atoms. The first kappa shape index (κ1) is 12.7. The maximum Gasteiger partial charge on any atom is 0.0772 e. The van der Waals surface area contributed by atoms with Crippen molar-refractivity contribution in [2.75, 3.05) is 0 Å². The molecule has 1 unspecified atom stereocenters. The zero-order valence-corrected chi connectivity index (χ0v) is 10.7. The van der Waals surface area contributed by atoms with Crippen LogP contribution in [-0.2, 0) is 6.42 Å². The lowest BCUT2D eigenvalue weighted by Gasteiger charge is -2.15. The summed E-state index contributed by atoms with van der Waals surface area (Å²) in [6.45, 7) is 4.20. The summed E-state index contributed by atoms with van der Waals surface area (Å²) in [5, 5.41) is 0. The van der Waals surface area contributed by atoms with Crippen molar-refractivity contribution in [3.8, 4) is 0 Å². The number of hydrogen-bond donors (Lipinski definition) is 2. The van der Waals surface area contributed by atoms with Gasteiger partial charge in [0.15, 0.2) is 0 Å². The number of hydrazine groups is 1. The van der Waals surface area contributed by atoms with Crippen molar-refractivity contribution in [2.45, 2.75) is 26.3 Å². The van der Waals surface area contributed by atoms with Crippen LogP contribution >= 0.6 is 0 Å². The summed E-state index contributed by atoms with van der Waals surface area (Å²) in [5.41, 5.74) is 7.44. The number of rotatable bonds is 4. The molecule has 3 N–H and O–H groups in total. The Labute approximate surface area is 107 Å². The smallest absolute Gasteiger partial charge is 0.0772 e. The number of nitrogens with two attached hydrogens (primary N) is 1. The summed E-state index contributed by atoms with van der Waals surface area (Å²) < 4.78 is 0. The van der Waals surface area contributed by atoms with Gasteiger partial charge in [0.05, 0.1) is 17.9 Å². The predicted molar refractivity (Wildman–Crippen MR) is 71.7 cm³/mol. The number of aromatic nitrogens is 2. The van der Waals surface area contributed by atoms with Gasteiger partial charge in [-0.1, -0.05) is 29.3 Å². The van der Waals surface area contributed by atoms with Gasteiger partial charge in [0.25, 0.3) is 0 Å². The fourth-order valence-electron chi connectivity index (χ4n) is 2.16. The van der Waals surface area contributed by atoms with Crippen molar-refractivity contribution in [3.05, 3.63) is 59.2 Å². The van der Waals surface area contributed by atoms with Gasteiger partial charge in [-0.25, -0.2) is 0 Å². The highest BCUT2D eigenvalue weighted by atomic mass is 15.2. The molecule has 0 radical (unpaired) electrons. The molecule has 1 aromatic carbocycles. The lowest BCUT2D eigenvalue weighted by atomic mass is 10.00. The van der Waals surface area contributed by atoms with Gasteiger partial charge in [-0.05, 0) is 25.8 Å². The van der Waals surface area contributed by atoms with Crippen LogP contribution < -0.4 is 11.3 Å². The second-order valence-corrected chi connectivity index (χ2v) is 4.55. The summed E-state index contributed by atoms with van der Waals surface area (Å²) in [4.78, 5) is 8.36. The van der Waals surface area contributed by atoms with E-state index in [9.17, 15) is 0 Å². The van der Waals surface area contributed by atoms with E-state index in [4.69, 9.17) is 5.84 Å². The van der Waals surface area contributed by atoms with Crippen LogP contribution in [0.25, 0.3) is 0 Å². The number of nitrogens with zero attached hydrogens (tertiary/aromatic N) is 2. The first-order valence-corrected chi connectivity index (χ1v) is 5.98. The Bertz CT molecular complexity index is 490. The molecule has 4 nitrogen and oxygen atoms in total. The summed E-state index contributed by atoms with van der Waals surface area (Å²) in [5.74, 6) is 5.61. The van der Waals surface area contributed by atoms with E-state index < -0.39 is 0 Å². The van der Waals surface area contributed by atoms with Gasteiger partial charge in [0, 0.05) is 12.4 Å². The number of hydrogen-bond acceptors (Lipinski definition) is 4. The molecule has 0 aliphatic rings. The van der Waals surface area contributed by atoms with Crippen LogP contribution in [0.15, 0.2) is 36.8 Å². The van der Waals surface area contributed by atoms with Gasteiger partial charge in [0.2, 0.25) is 0 Å². The average molecular weight is 242 g/mol. The Morgan fingerprint density at radius 3 is 2.44 bits per heavy atom. The van der Waals surface area contributed by atoms with E-state index in [0.717, 1.165) is 12.1 Å². The third kappa shape index (κ3) is 3.12. The Hall–Kier alpha value is -1.78. The Morgan fingerprint density at radius 1 is 1.17 bits per heavy atom. The molecule has 0 saturated carbocycles. The monoisotopic (exact) mass is 242 g/mol. The molecule has 2 aromatic rings. The summed E-state index contributed by atoms with van der Waals surface area (Å²) >= 11 is 0. The molecule has 1 atom stereocenters. The van der Waals surface area contributed by atoms with Crippen LogP contribution in [-0.4, -0.2) is 9.97 Å². The largest absolute Gasteiger partial charge is 0.271 e. The topological polar surface area (TPSA) is 63.8 Å². The molecular formula is C14H18N4. The van der Waals surface area contributed by atoms with Crippen LogP contribution in [0.5, 0.6) is 0 Å². The number of aryl methyl sites for hydroxylation is 2. The number of benzene rings is 1. The maximum absolute atomic E-state index is 5.61. The van der Waals surface area contributed by atoms with E-state index in [1.807, 2.05) is 0 Å². The third-order valence-electron chi connectivity index (χ3n) is 2.86. The minimum absolute atomic E-state index is 0.0140. The van der Waals surface area contributed by atoms with Crippen molar-refractivity contribution >= 4 is 0 Å². The fraction of sp³-hybridized carbons (Fsp3) is 0.286. The highest BCUT2D eigenvalue weighted by molar-refractivity contribution is 5.29. The van der Waals surface area contributed by atoms with Gasteiger partial charge in [-0.2, -0.15) is 0 Å². The standard InChI is InChI=1S/C14H18N4/c1-10-5-11(2)7-12(6-10)8-13(18-15)14-9-16-3-4-17-14/h3-7,9,13,18H,8,15H2,1-2H3. The zero-order valence-electron chi connectivity index (χ0n) is 10.7. The molecule has 18 heavy (non-hydrogen) atoms. The van der Waals surface area contributed by atoms with E-state index in [0.29, 0.717) is 0 Å². The third-order valence-corrected chi connectivity index (χ3v) is 2.86. The Kier molecular flexibility index (Phi) is 4.02. The van der Waals surface area contributed by atoms with E-state index in [2.05, 4.69) is 47.4 Å². The van der Waals surface area contributed by atoms with Gasteiger partial charge < -0.3 is 0 Å². The molecule has 0 spiro atoms. The number of nitrogens with one attached hydrogen (secondary N) is 1. The van der Waals surface area contributed by atoms with Gasteiger partial charge in [-0.15, -0.1) is 0 Å². The van der Waals surface area contributed by atoms with Crippen LogP contribution in [0.4, 0.5) is 0 Å². The molecule has 94 valence electrons. The molecule has 0 aliphatic carbocycles. The van der Waals surface area contributed by atoms with Crippen molar-refractivity contribution in [3.63, 3.8) is 0 Å². The van der Waals surface area contributed by atoms with E-state index >= 15 is 0 Å². The highest BCUT2D eigenvalue weighted by Gasteiger charge is 2.12. The molecule has 2 rings (SSSR count). The Morgan fingerprint density at radius 2 is 1.89 bits per heavy atom. The molecule has 1 aromatic heterocycles. The average Bonchev–Trinajstić information content (AvgIpc) is 2.36. The Balaban J connectivity index is 2.20. The SMILES string of the molecule is Cc1cc(C)cc(CC(NN)c2cnccn2)c1. The summed E-state index contributed by atoms with van der Waals surface area (Å²) in [7, 11) is 0. The normalized spacial score (nSPS) is 12.4. The fourth-order valence-corrected chi connectivity index (χ4v) is 2.16. The second-order valence-electron chi connectivity index (χ2n) is 4.55. The molecule has 0 saturated heterocycles. The lowest BCUT2D eigenvalue weighted by Crippen LogP contribution is -2.30. The molecule has 1 heterocycles. The molecule has 0 amide bonds. The summed E-state index contributed by atoms with van der Waals surface area (Å²) in [6.07, 6.45) is 5.89. The molecular weight excluding hydrogens is 224 g/mol. The minimum Gasteiger partial charge on any atom is -0.271 e.